The quantitative estimate of drug-likeness (QED) is 0.468. The minimum Gasteiger partial charge on any atom is -0.356 e. The summed E-state index contributed by atoms with van der Waals surface area (Å²) in [6.45, 7) is 5.61. The molecule has 0 bridgehead atoms. The van der Waals surface area contributed by atoms with Gasteiger partial charge in [0.2, 0.25) is 5.91 Å². The van der Waals surface area contributed by atoms with Gasteiger partial charge in [-0.1, -0.05) is 25.5 Å². The average molecular weight is 226 g/mol. The molecule has 0 aliphatic carbocycles. The first-order valence-corrected chi connectivity index (χ1v) is 6.32. The van der Waals surface area contributed by atoms with Crippen molar-refractivity contribution in [2.45, 2.75) is 46.0 Å². The molecule has 0 aromatic heterocycles. The number of nitrogens with one attached hydrogen (secondary N) is 1. The van der Waals surface area contributed by atoms with E-state index in [1.807, 2.05) is 13.0 Å². The third-order valence-corrected chi connectivity index (χ3v) is 2.80. The Morgan fingerprint density at radius 3 is 2.75 bits per heavy atom. The van der Waals surface area contributed by atoms with E-state index >= 15 is 0 Å². The van der Waals surface area contributed by atoms with Gasteiger partial charge < -0.3 is 11.1 Å². The van der Waals surface area contributed by atoms with Crippen LogP contribution in [0.15, 0.2) is 12.2 Å². The van der Waals surface area contributed by atoms with Crippen LogP contribution in [0, 0.1) is 5.92 Å². The van der Waals surface area contributed by atoms with Crippen LogP contribution >= 0.6 is 0 Å². The van der Waals surface area contributed by atoms with E-state index < -0.39 is 0 Å². The van der Waals surface area contributed by atoms with Gasteiger partial charge in [0.1, 0.15) is 0 Å². The molecule has 0 aliphatic heterocycles. The second-order valence-electron chi connectivity index (χ2n) is 4.10. The Morgan fingerprint density at radius 1 is 1.44 bits per heavy atom. The SMILES string of the molecule is C/C=C/CCNC(=O)CCC(CC)CCN. The monoisotopic (exact) mass is 226 g/mol. The van der Waals surface area contributed by atoms with Crippen molar-refractivity contribution < 1.29 is 4.79 Å². The van der Waals surface area contributed by atoms with Crippen LogP contribution in [0.2, 0.25) is 0 Å². The molecule has 3 nitrogen and oxygen atoms in total. The van der Waals surface area contributed by atoms with Crippen LogP contribution in [0.3, 0.4) is 0 Å². The molecular weight excluding hydrogens is 200 g/mol. The van der Waals surface area contributed by atoms with Crippen LogP contribution in [-0.2, 0) is 4.79 Å². The normalized spacial score (nSPS) is 12.9. The summed E-state index contributed by atoms with van der Waals surface area (Å²) in [7, 11) is 0. The molecule has 0 aliphatic rings. The summed E-state index contributed by atoms with van der Waals surface area (Å²) in [5.41, 5.74) is 5.52. The molecule has 0 aromatic rings. The minimum absolute atomic E-state index is 0.167. The van der Waals surface area contributed by atoms with Crippen LogP contribution in [0.1, 0.15) is 46.0 Å². The maximum Gasteiger partial charge on any atom is 0.220 e. The number of hydrogen-bond donors (Lipinski definition) is 2. The van der Waals surface area contributed by atoms with Gasteiger partial charge in [0.05, 0.1) is 0 Å². The van der Waals surface area contributed by atoms with E-state index in [4.69, 9.17) is 5.73 Å². The van der Waals surface area contributed by atoms with Crippen LogP contribution in [0.4, 0.5) is 0 Å². The van der Waals surface area contributed by atoms with Crippen molar-refractivity contribution in [1.82, 2.24) is 5.32 Å². The van der Waals surface area contributed by atoms with E-state index in [-0.39, 0.29) is 5.91 Å². The van der Waals surface area contributed by atoms with Gasteiger partial charge in [-0.3, -0.25) is 4.79 Å². The molecule has 0 heterocycles. The van der Waals surface area contributed by atoms with Gasteiger partial charge in [-0.2, -0.15) is 0 Å². The van der Waals surface area contributed by atoms with E-state index in [1.54, 1.807) is 0 Å². The summed E-state index contributed by atoms with van der Waals surface area (Å²) < 4.78 is 0. The predicted octanol–water partition coefficient (Wildman–Crippen LogP) is 2.22. The molecule has 0 rings (SSSR count). The molecule has 16 heavy (non-hydrogen) atoms. The van der Waals surface area contributed by atoms with Crippen molar-refractivity contribution in [2.24, 2.45) is 11.7 Å². The Labute approximate surface area is 99.5 Å². The highest BCUT2D eigenvalue weighted by atomic mass is 16.1. The van der Waals surface area contributed by atoms with Gasteiger partial charge in [0, 0.05) is 13.0 Å². The Bertz CT molecular complexity index is 202. The molecule has 1 amide bonds. The zero-order chi connectivity index (χ0) is 12.2. The minimum atomic E-state index is 0.167. The second-order valence-corrected chi connectivity index (χ2v) is 4.10. The number of hydrogen-bond acceptors (Lipinski definition) is 2. The van der Waals surface area contributed by atoms with E-state index in [9.17, 15) is 4.79 Å². The van der Waals surface area contributed by atoms with E-state index in [2.05, 4.69) is 18.3 Å². The molecule has 0 aromatic carbocycles. The first-order chi connectivity index (χ1) is 7.74. The van der Waals surface area contributed by atoms with Crippen molar-refractivity contribution in [3.63, 3.8) is 0 Å². The highest BCUT2D eigenvalue weighted by molar-refractivity contribution is 5.75. The summed E-state index contributed by atoms with van der Waals surface area (Å²) in [5.74, 6) is 0.770. The molecule has 1 unspecified atom stereocenters. The number of allylic oxidation sites excluding steroid dienone is 1. The first-order valence-electron chi connectivity index (χ1n) is 6.32. The number of nitrogens with two attached hydrogens (primary N) is 1. The van der Waals surface area contributed by atoms with Crippen molar-refractivity contribution in [3.05, 3.63) is 12.2 Å². The fraction of sp³-hybridized carbons (Fsp3) is 0.769. The average Bonchev–Trinajstić information content (AvgIpc) is 2.30. The van der Waals surface area contributed by atoms with Crippen molar-refractivity contribution in [3.8, 4) is 0 Å². The summed E-state index contributed by atoms with van der Waals surface area (Å²) in [6.07, 6.45) is 8.72. The highest BCUT2D eigenvalue weighted by Gasteiger charge is 2.08. The molecule has 0 fully saturated rings. The second kappa shape index (κ2) is 10.7. The summed E-state index contributed by atoms with van der Waals surface area (Å²) in [6, 6.07) is 0. The third-order valence-electron chi connectivity index (χ3n) is 2.80. The first kappa shape index (κ1) is 15.2. The van der Waals surface area contributed by atoms with Crippen molar-refractivity contribution in [2.75, 3.05) is 13.1 Å². The molecule has 0 saturated carbocycles. The molecule has 3 heteroatoms. The predicted molar refractivity (Wildman–Crippen MR) is 69.1 cm³/mol. The zero-order valence-corrected chi connectivity index (χ0v) is 10.7. The summed E-state index contributed by atoms with van der Waals surface area (Å²) in [5, 5.41) is 2.92. The van der Waals surface area contributed by atoms with E-state index in [0.29, 0.717) is 12.3 Å². The molecule has 1 atom stereocenters. The fourth-order valence-corrected chi connectivity index (χ4v) is 1.67. The van der Waals surface area contributed by atoms with Gasteiger partial charge in [0.15, 0.2) is 0 Å². The van der Waals surface area contributed by atoms with Gasteiger partial charge >= 0.3 is 0 Å². The molecule has 0 radical (unpaired) electrons. The highest BCUT2D eigenvalue weighted by Crippen LogP contribution is 2.14. The molecule has 3 N–H and O–H groups in total. The van der Waals surface area contributed by atoms with Crippen LogP contribution in [0.5, 0.6) is 0 Å². The fourth-order valence-electron chi connectivity index (χ4n) is 1.67. The molecule has 0 spiro atoms. The van der Waals surface area contributed by atoms with Gasteiger partial charge in [-0.15, -0.1) is 0 Å². The summed E-state index contributed by atoms with van der Waals surface area (Å²) >= 11 is 0. The Kier molecular flexibility index (Phi) is 10.1. The largest absolute Gasteiger partial charge is 0.356 e. The molecular formula is C13H26N2O. The number of amides is 1. The maximum absolute atomic E-state index is 11.5. The Hall–Kier alpha value is -0.830. The summed E-state index contributed by atoms with van der Waals surface area (Å²) in [4.78, 5) is 11.5. The molecule has 94 valence electrons. The van der Waals surface area contributed by atoms with Gasteiger partial charge in [-0.05, 0) is 38.6 Å². The number of carbonyl (C=O) groups is 1. The van der Waals surface area contributed by atoms with E-state index in [0.717, 1.165) is 38.8 Å². The Morgan fingerprint density at radius 2 is 2.19 bits per heavy atom. The maximum atomic E-state index is 11.5. The number of carbonyl (C=O) groups excluding carboxylic acids is 1. The third kappa shape index (κ3) is 8.48. The lowest BCUT2D eigenvalue weighted by Gasteiger charge is -2.12. The lowest BCUT2D eigenvalue weighted by Crippen LogP contribution is -2.24. The van der Waals surface area contributed by atoms with Crippen molar-refractivity contribution in [1.29, 1.82) is 0 Å². The van der Waals surface area contributed by atoms with Crippen molar-refractivity contribution >= 4 is 5.91 Å². The van der Waals surface area contributed by atoms with Gasteiger partial charge in [-0.25, -0.2) is 0 Å². The lowest BCUT2D eigenvalue weighted by atomic mass is 9.96. The Balaban J connectivity index is 3.54. The standard InChI is InChI=1S/C13H26N2O/c1-3-5-6-11-15-13(16)8-7-12(4-2)9-10-14/h3,5,12H,4,6-11,14H2,1-2H3,(H,15,16)/b5-3+. The number of rotatable bonds is 9. The lowest BCUT2D eigenvalue weighted by molar-refractivity contribution is -0.121. The topological polar surface area (TPSA) is 55.1 Å². The van der Waals surface area contributed by atoms with Gasteiger partial charge in [0.25, 0.3) is 0 Å². The van der Waals surface area contributed by atoms with Crippen LogP contribution in [-0.4, -0.2) is 19.0 Å². The zero-order valence-electron chi connectivity index (χ0n) is 10.7. The van der Waals surface area contributed by atoms with Crippen LogP contribution < -0.4 is 11.1 Å². The molecule has 0 saturated heterocycles. The smallest absolute Gasteiger partial charge is 0.220 e. The van der Waals surface area contributed by atoms with Crippen LogP contribution in [0.25, 0.3) is 0 Å². The van der Waals surface area contributed by atoms with E-state index in [1.165, 1.54) is 0 Å².